The van der Waals surface area contributed by atoms with Gasteiger partial charge in [-0.3, -0.25) is 4.79 Å². The first-order valence-electron chi connectivity index (χ1n) is 7.93. The van der Waals surface area contributed by atoms with E-state index in [-0.39, 0.29) is 5.92 Å². The molecule has 0 aromatic heterocycles. The van der Waals surface area contributed by atoms with Crippen LogP contribution >= 0.6 is 0 Å². The second kappa shape index (κ2) is 7.03. The number of hydrogen-bond acceptors (Lipinski definition) is 2. The van der Waals surface area contributed by atoms with Gasteiger partial charge in [0.15, 0.2) is 0 Å². The highest BCUT2D eigenvalue weighted by Crippen LogP contribution is 2.30. The van der Waals surface area contributed by atoms with E-state index in [4.69, 9.17) is 5.73 Å². The summed E-state index contributed by atoms with van der Waals surface area (Å²) in [7, 11) is 0. The molecule has 0 saturated heterocycles. The lowest BCUT2D eigenvalue weighted by Crippen LogP contribution is -2.33. The summed E-state index contributed by atoms with van der Waals surface area (Å²) in [6, 6.07) is 8.50. The van der Waals surface area contributed by atoms with Crippen LogP contribution in [0.3, 0.4) is 0 Å². The molecule has 1 aromatic carbocycles. The predicted octanol–water partition coefficient (Wildman–Crippen LogP) is 3.69. The van der Waals surface area contributed by atoms with Crippen molar-refractivity contribution in [1.82, 2.24) is 0 Å². The van der Waals surface area contributed by atoms with E-state index in [0.717, 1.165) is 18.4 Å². The molecule has 2 rings (SSSR count). The minimum absolute atomic E-state index is 0.193. The average Bonchev–Trinajstić information content (AvgIpc) is 2.47. The quantitative estimate of drug-likeness (QED) is 0.889. The minimum atomic E-state index is 0.193. The third-order valence-corrected chi connectivity index (χ3v) is 4.65. The van der Waals surface area contributed by atoms with Crippen molar-refractivity contribution in [2.24, 2.45) is 17.6 Å². The van der Waals surface area contributed by atoms with Gasteiger partial charge in [-0.25, -0.2) is 0 Å². The molecule has 0 radical (unpaired) electrons. The molecule has 0 bridgehead atoms. The molecule has 2 unspecified atom stereocenters. The van der Waals surface area contributed by atoms with Crippen LogP contribution in [-0.2, 0) is 11.2 Å². The van der Waals surface area contributed by atoms with E-state index < -0.39 is 0 Å². The molecule has 0 heterocycles. The molecular weight excluding hydrogens is 246 g/mol. The van der Waals surface area contributed by atoms with E-state index in [1.54, 1.807) is 0 Å². The molecule has 0 aliphatic heterocycles. The third-order valence-electron chi connectivity index (χ3n) is 4.65. The van der Waals surface area contributed by atoms with Crippen molar-refractivity contribution in [3.63, 3.8) is 0 Å². The molecule has 2 atom stereocenters. The number of Topliss-reactive ketones (excluding diaryl/α,β-unsaturated/α-hetero) is 1. The minimum Gasteiger partial charge on any atom is -0.330 e. The second-order valence-corrected chi connectivity index (χ2v) is 6.43. The van der Waals surface area contributed by atoms with Crippen LogP contribution in [0.25, 0.3) is 0 Å². The molecule has 1 fully saturated rings. The third kappa shape index (κ3) is 3.69. The van der Waals surface area contributed by atoms with Crippen LogP contribution in [0.15, 0.2) is 24.3 Å². The second-order valence-electron chi connectivity index (χ2n) is 6.43. The number of benzene rings is 1. The van der Waals surface area contributed by atoms with Gasteiger partial charge < -0.3 is 5.73 Å². The summed E-state index contributed by atoms with van der Waals surface area (Å²) in [6.07, 6.45) is 5.14. The fraction of sp³-hybridized carbons (Fsp3) is 0.611. The van der Waals surface area contributed by atoms with Crippen LogP contribution in [0.5, 0.6) is 0 Å². The van der Waals surface area contributed by atoms with E-state index in [2.05, 4.69) is 38.1 Å². The number of ketones is 1. The molecule has 2 nitrogen and oxygen atoms in total. The van der Waals surface area contributed by atoms with Gasteiger partial charge >= 0.3 is 0 Å². The number of carbonyl (C=O) groups excluding carboxylic acids is 1. The van der Waals surface area contributed by atoms with E-state index in [0.29, 0.717) is 30.6 Å². The number of carbonyl (C=O) groups is 1. The smallest absolute Gasteiger partial charge is 0.140 e. The van der Waals surface area contributed by atoms with E-state index in [9.17, 15) is 4.79 Å². The van der Waals surface area contributed by atoms with Crippen molar-refractivity contribution < 1.29 is 4.79 Å². The highest BCUT2D eigenvalue weighted by atomic mass is 16.1. The lowest BCUT2D eigenvalue weighted by Gasteiger charge is -2.29. The Morgan fingerprint density at radius 2 is 1.85 bits per heavy atom. The number of nitrogens with two attached hydrogens (primary N) is 1. The summed E-state index contributed by atoms with van der Waals surface area (Å²) in [6.45, 7) is 5.03. The van der Waals surface area contributed by atoms with Gasteiger partial charge in [0.05, 0.1) is 0 Å². The Labute approximate surface area is 122 Å². The molecule has 0 amide bonds. The van der Waals surface area contributed by atoms with Crippen molar-refractivity contribution in [3.8, 4) is 0 Å². The van der Waals surface area contributed by atoms with Gasteiger partial charge in [-0.2, -0.15) is 0 Å². The van der Waals surface area contributed by atoms with Crippen LogP contribution in [0.2, 0.25) is 0 Å². The highest BCUT2D eigenvalue weighted by molar-refractivity contribution is 5.83. The lowest BCUT2D eigenvalue weighted by molar-refractivity contribution is -0.124. The van der Waals surface area contributed by atoms with Gasteiger partial charge in [0.1, 0.15) is 5.78 Å². The summed E-state index contributed by atoms with van der Waals surface area (Å²) in [5, 5.41) is 0. The monoisotopic (exact) mass is 273 g/mol. The Hall–Kier alpha value is -1.15. The summed E-state index contributed by atoms with van der Waals surface area (Å²) < 4.78 is 0. The van der Waals surface area contributed by atoms with Crippen LogP contribution < -0.4 is 5.73 Å². The first-order valence-corrected chi connectivity index (χ1v) is 7.93. The largest absolute Gasteiger partial charge is 0.330 e. The maximum Gasteiger partial charge on any atom is 0.140 e. The maximum absolute atomic E-state index is 12.5. The molecule has 20 heavy (non-hydrogen) atoms. The van der Waals surface area contributed by atoms with Gasteiger partial charge in [-0.05, 0) is 42.3 Å². The van der Waals surface area contributed by atoms with Gasteiger partial charge in [0.25, 0.3) is 0 Å². The van der Waals surface area contributed by atoms with Crippen molar-refractivity contribution in [2.45, 2.75) is 51.9 Å². The molecular formula is C18H27NO. The average molecular weight is 273 g/mol. The van der Waals surface area contributed by atoms with Gasteiger partial charge in [0.2, 0.25) is 0 Å². The summed E-state index contributed by atoms with van der Waals surface area (Å²) in [5.74, 6) is 1.53. The van der Waals surface area contributed by atoms with Crippen molar-refractivity contribution >= 4 is 5.78 Å². The Balaban J connectivity index is 1.99. The lowest BCUT2D eigenvalue weighted by atomic mass is 9.76. The molecule has 2 N–H and O–H groups in total. The van der Waals surface area contributed by atoms with Gasteiger partial charge in [-0.15, -0.1) is 0 Å². The maximum atomic E-state index is 12.5. The molecule has 110 valence electrons. The van der Waals surface area contributed by atoms with Crippen LogP contribution in [0.4, 0.5) is 0 Å². The fourth-order valence-electron chi connectivity index (χ4n) is 3.27. The number of hydrogen-bond donors (Lipinski definition) is 1. The van der Waals surface area contributed by atoms with E-state index in [1.807, 2.05) is 0 Å². The molecule has 1 aliphatic rings. The van der Waals surface area contributed by atoms with Crippen LogP contribution in [0, 0.1) is 11.8 Å². The Morgan fingerprint density at radius 3 is 2.45 bits per heavy atom. The zero-order chi connectivity index (χ0) is 14.5. The summed E-state index contributed by atoms with van der Waals surface area (Å²) in [5.41, 5.74) is 8.30. The van der Waals surface area contributed by atoms with Crippen molar-refractivity contribution in [2.75, 3.05) is 6.54 Å². The topological polar surface area (TPSA) is 43.1 Å². The van der Waals surface area contributed by atoms with Crippen LogP contribution in [-0.4, -0.2) is 12.3 Å². The SMILES string of the molecule is CC(C)c1ccc(CC(=O)C2CCCCC2CN)cc1. The van der Waals surface area contributed by atoms with Crippen molar-refractivity contribution in [1.29, 1.82) is 0 Å². The van der Waals surface area contributed by atoms with Gasteiger partial charge in [0, 0.05) is 12.3 Å². The van der Waals surface area contributed by atoms with Gasteiger partial charge in [-0.1, -0.05) is 51.0 Å². The Kier molecular flexibility index (Phi) is 5.36. The zero-order valence-electron chi connectivity index (χ0n) is 12.8. The summed E-state index contributed by atoms with van der Waals surface area (Å²) in [4.78, 5) is 12.5. The van der Waals surface area contributed by atoms with Crippen molar-refractivity contribution in [3.05, 3.63) is 35.4 Å². The predicted molar refractivity (Wildman–Crippen MR) is 83.7 cm³/mol. The molecule has 1 saturated carbocycles. The van der Waals surface area contributed by atoms with Crippen LogP contribution in [0.1, 0.15) is 56.6 Å². The number of rotatable bonds is 5. The first-order chi connectivity index (χ1) is 9.61. The standard InChI is InChI=1S/C18H27NO/c1-13(2)15-9-7-14(8-10-15)11-18(20)17-6-4-3-5-16(17)12-19/h7-10,13,16-17H,3-6,11-12,19H2,1-2H3. The molecule has 0 spiro atoms. The van der Waals surface area contributed by atoms with E-state index >= 15 is 0 Å². The summed E-state index contributed by atoms with van der Waals surface area (Å²) >= 11 is 0. The molecule has 1 aliphatic carbocycles. The Morgan fingerprint density at radius 1 is 1.20 bits per heavy atom. The fourth-order valence-corrected chi connectivity index (χ4v) is 3.27. The molecule has 1 aromatic rings. The first kappa shape index (κ1) is 15.2. The zero-order valence-corrected chi connectivity index (χ0v) is 12.8. The highest BCUT2D eigenvalue weighted by Gasteiger charge is 2.29. The Bertz CT molecular complexity index is 435. The van der Waals surface area contributed by atoms with E-state index in [1.165, 1.54) is 18.4 Å². The molecule has 2 heteroatoms. The normalized spacial score (nSPS) is 23.0.